The quantitative estimate of drug-likeness (QED) is 0.324. The Bertz CT molecular complexity index is 475. The van der Waals surface area contributed by atoms with E-state index in [1.807, 2.05) is 18.7 Å². The Hall–Kier alpha value is -1.66. The minimum Gasteiger partial charge on any atom is -0.409 e. The van der Waals surface area contributed by atoms with Crippen LogP contribution in [-0.4, -0.2) is 40.2 Å². The van der Waals surface area contributed by atoms with Crippen LogP contribution in [0.25, 0.3) is 0 Å². The lowest BCUT2D eigenvalue weighted by Gasteiger charge is -2.34. The molecule has 0 aliphatic rings. The lowest BCUT2D eigenvalue weighted by molar-refractivity contribution is 0.0725. The Kier molecular flexibility index (Phi) is 4.85. The van der Waals surface area contributed by atoms with E-state index >= 15 is 0 Å². The van der Waals surface area contributed by atoms with Crippen molar-refractivity contribution in [1.82, 2.24) is 4.90 Å². The average molecular weight is 269 g/mol. The molecule has 0 fully saturated rings. The van der Waals surface area contributed by atoms with Gasteiger partial charge >= 0.3 is 0 Å². The van der Waals surface area contributed by atoms with E-state index in [9.17, 15) is 9.50 Å². The molecule has 1 rings (SSSR count). The van der Waals surface area contributed by atoms with Crippen LogP contribution in [0.2, 0.25) is 0 Å². The number of likely N-dealkylation sites (N-methyl/N-ethyl adjacent to an activating group) is 1. The third kappa shape index (κ3) is 3.42. The molecular formula is C13H20FN3O2. The van der Waals surface area contributed by atoms with Gasteiger partial charge in [0, 0.05) is 17.6 Å². The lowest BCUT2D eigenvalue weighted by Crippen LogP contribution is -2.43. The first-order valence-electron chi connectivity index (χ1n) is 5.91. The molecule has 0 bridgehead atoms. The first kappa shape index (κ1) is 15.4. The van der Waals surface area contributed by atoms with Gasteiger partial charge in [0.2, 0.25) is 0 Å². The SMILES string of the molecule is CN(Cc1cccc(/C(N)=N/O)c1F)C(C)(C)CO. The van der Waals surface area contributed by atoms with Crippen LogP contribution in [0, 0.1) is 5.82 Å². The molecule has 0 saturated carbocycles. The predicted octanol–water partition coefficient (Wildman–Crippen LogP) is 1.12. The number of oxime groups is 1. The summed E-state index contributed by atoms with van der Waals surface area (Å²) in [6.45, 7) is 3.99. The summed E-state index contributed by atoms with van der Waals surface area (Å²) in [6, 6.07) is 4.73. The number of benzene rings is 1. The van der Waals surface area contributed by atoms with E-state index in [2.05, 4.69) is 5.16 Å². The Morgan fingerprint density at radius 1 is 1.47 bits per heavy atom. The molecule has 0 aromatic heterocycles. The number of nitrogens with zero attached hydrogens (tertiary/aromatic N) is 2. The molecule has 0 heterocycles. The van der Waals surface area contributed by atoms with Gasteiger partial charge in [-0.25, -0.2) is 4.39 Å². The van der Waals surface area contributed by atoms with E-state index in [0.717, 1.165) is 0 Å². The first-order chi connectivity index (χ1) is 8.83. The summed E-state index contributed by atoms with van der Waals surface area (Å²) < 4.78 is 14.2. The third-order valence-corrected chi connectivity index (χ3v) is 3.29. The van der Waals surface area contributed by atoms with Gasteiger partial charge in [0.15, 0.2) is 5.84 Å². The van der Waals surface area contributed by atoms with Crippen LogP contribution in [0.4, 0.5) is 4.39 Å². The Labute approximate surface area is 112 Å². The Morgan fingerprint density at radius 2 is 2.11 bits per heavy atom. The maximum absolute atomic E-state index is 14.2. The largest absolute Gasteiger partial charge is 0.409 e. The second kappa shape index (κ2) is 5.99. The van der Waals surface area contributed by atoms with Crippen LogP contribution < -0.4 is 5.73 Å². The molecule has 5 nitrogen and oxygen atoms in total. The summed E-state index contributed by atoms with van der Waals surface area (Å²) in [5.74, 6) is -0.776. The van der Waals surface area contributed by atoms with E-state index in [1.54, 1.807) is 19.2 Å². The van der Waals surface area contributed by atoms with Crippen LogP contribution >= 0.6 is 0 Å². The molecule has 6 heteroatoms. The van der Waals surface area contributed by atoms with E-state index in [-0.39, 0.29) is 18.0 Å². The highest BCUT2D eigenvalue weighted by molar-refractivity contribution is 5.97. The topological polar surface area (TPSA) is 82.1 Å². The fraction of sp³-hybridized carbons (Fsp3) is 0.462. The highest BCUT2D eigenvalue weighted by Crippen LogP contribution is 2.19. The van der Waals surface area contributed by atoms with Crippen molar-refractivity contribution in [3.8, 4) is 0 Å². The predicted molar refractivity (Wildman–Crippen MR) is 71.5 cm³/mol. The maximum Gasteiger partial charge on any atom is 0.173 e. The van der Waals surface area contributed by atoms with Crippen LogP contribution in [0.15, 0.2) is 23.4 Å². The molecule has 0 spiro atoms. The number of aliphatic hydroxyl groups excluding tert-OH is 1. The van der Waals surface area contributed by atoms with Crippen molar-refractivity contribution >= 4 is 5.84 Å². The summed E-state index contributed by atoms with van der Waals surface area (Å²) in [5.41, 5.74) is 5.44. The van der Waals surface area contributed by atoms with E-state index in [1.165, 1.54) is 6.07 Å². The summed E-state index contributed by atoms with van der Waals surface area (Å²) >= 11 is 0. The highest BCUT2D eigenvalue weighted by atomic mass is 19.1. The molecule has 0 aliphatic heterocycles. The van der Waals surface area contributed by atoms with Crippen molar-refractivity contribution in [3.05, 3.63) is 35.1 Å². The Morgan fingerprint density at radius 3 is 2.63 bits per heavy atom. The number of rotatable bonds is 5. The molecule has 1 aromatic carbocycles. The van der Waals surface area contributed by atoms with Crippen molar-refractivity contribution < 1.29 is 14.7 Å². The monoisotopic (exact) mass is 269 g/mol. The van der Waals surface area contributed by atoms with Gasteiger partial charge in [0.05, 0.1) is 12.2 Å². The molecule has 0 aliphatic carbocycles. The van der Waals surface area contributed by atoms with Gasteiger partial charge in [0.25, 0.3) is 0 Å². The van der Waals surface area contributed by atoms with Crippen molar-refractivity contribution in [3.63, 3.8) is 0 Å². The molecule has 0 atom stereocenters. The zero-order valence-electron chi connectivity index (χ0n) is 11.4. The minimum absolute atomic E-state index is 0.0367. The fourth-order valence-corrected chi connectivity index (χ4v) is 1.54. The number of amidine groups is 1. The average Bonchev–Trinajstić information content (AvgIpc) is 2.40. The van der Waals surface area contributed by atoms with Crippen LogP contribution in [0.3, 0.4) is 0 Å². The molecule has 106 valence electrons. The van der Waals surface area contributed by atoms with E-state index in [4.69, 9.17) is 10.9 Å². The van der Waals surface area contributed by atoms with Crippen LogP contribution in [0.5, 0.6) is 0 Å². The van der Waals surface area contributed by atoms with Gasteiger partial charge in [-0.15, -0.1) is 0 Å². The molecular weight excluding hydrogens is 249 g/mol. The summed E-state index contributed by atoms with van der Waals surface area (Å²) in [7, 11) is 1.80. The van der Waals surface area contributed by atoms with Gasteiger partial charge in [-0.1, -0.05) is 17.3 Å². The fourth-order valence-electron chi connectivity index (χ4n) is 1.54. The van der Waals surface area contributed by atoms with Crippen LogP contribution in [0.1, 0.15) is 25.0 Å². The summed E-state index contributed by atoms with van der Waals surface area (Å²) in [5, 5.41) is 20.7. The second-order valence-corrected chi connectivity index (χ2v) is 5.09. The smallest absolute Gasteiger partial charge is 0.173 e. The number of nitrogens with two attached hydrogens (primary N) is 1. The zero-order chi connectivity index (χ0) is 14.6. The van der Waals surface area contributed by atoms with Crippen molar-refractivity contribution in [2.75, 3.05) is 13.7 Å². The molecule has 4 N–H and O–H groups in total. The standard InChI is InChI=1S/C13H20FN3O2/c1-13(2,8-18)17(3)7-9-5-4-6-10(11(9)14)12(15)16-19/h4-6,18-19H,7-8H2,1-3H3,(H2,15,16). The molecule has 19 heavy (non-hydrogen) atoms. The van der Waals surface area contributed by atoms with Gasteiger partial charge in [-0.2, -0.15) is 0 Å². The molecule has 0 saturated heterocycles. The molecule has 0 amide bonds. The third-order valence-electron chi connectivity index (χ3n) is 3.29. The van der Waals surface area contributed by atoms with Crippen molar-refractivity contribution in [2.45, 2.75) is 25.9 Å². The lowest BCUT2D eigenvalue weighted by atomic mass is 10.0. The Balaban J connectivity index is 3.04. The van der Waals surface area contributed by atoms with E-state index < -0.39 is 11.4 Å². The zero-order valence-corrected chi connectivity index (χ0v) is 11.4. The minimum atomic E-state index is -0.515. The normalized spacial score (nSPS) is 13.1. The van der Waals surface area contributed by atoms with Gasteiger partial charge in [-0.05, 0) is 27.0 Å². The highest BCUT2D eigenvalue weighted by Gasteiger charge is 2.23. The second-order valence-electron chi connectivity index (χ2n) is 5.09. The summed E-state index contributed by atoms with van der Waals surface area (Å²) in [4.78, 5) is 1.83. The number of hydrogen-bond donors (Lipinski definition) is 3. The van der Waals surface area contributed by atoms with Gasteiger partial charge in [-0.3, -0.25) is 4.90 Å². The number of aliphatic hydroxyl groups is 1. The number of hydrogen-bond acceptors (Lipinski definition) is 4. The van der Waals surface area contributed by atoms with Crippen LogP contribution in [-0.2, 0) is 6.54 Å². The van der Waals surface area contributed by atoms with Crippen molar-refractivity contribution in [1.29, 1.82) is 0 Å². The summed E-state index contributed by atoms with van der Waals surface area (Å²) in [6.07, 6.45) is 0. The first-order valence-corrected chi connectivity index (χ1v) is 5.91. The molecule has 0 unspecified atom stereocenters. The van der Waals surface area contributed by atoms with Gasteiger partial charge < -0.3 is 16.0 Å². The van der Waals surface area contributed by atoms with Crippen molar-refractivity contribution in [2.24, 2.45) is 10.9 Å². The van der Waals surface area contributed by atoms with E-state index in [0.29, 0.717) is 12.1 Å². The maximum atomic E-state index is 14.2. The molecule has 1 aromatic rings. The molecule has 0 radical (unpaired) electrons. The number of halogens is 1. The van der Waals surface area contributed by atoms with Gasteiger partial charge in [0.1, 0.15) is 5.82 Å².